The van der Waals surface area contributed by atoms with Crippen molar-refractivity contribution in [3.05, 3.63) is 59.7 Å². The predicted molar refractivity (Wildman–Crippen MR) is 79.0 cm³/mol. The van der Waals surface area contributed by atoms with E-state index < -0.39 is 0 Å². The molecular formula is C16H10FN3O. The number of nitrogens with one attached hydrogen (secondary N) is 2. The number of aromatic amines is 1. The van der Waals surface area contributed by atoms with Gasteiger partial charge in [-0.25, -0.2) is 9.37 Å². The summed E-state index contributed by atoms with van der Waals surface area (Å²) >= 11 is 0. The number of H-pyrrole nitrogens is 1. The predicted octanol–water partition coefficient (Wildman–Crippen LogP) is 3.19. The fraction of sp³-hybridized carbons (Fsp3) is 0. The van der Waals surface area contributed by atoms with Crippen LogP contribution in [0.15, 0.2) is 42.5 Å². The minimum Gasteiger partial charge on any atom is -0.338 e. The molecule has 0 spiro atoms. The average Bonchev–Trinajstić information content (AvgIpc) is 3.01. The molecule has 1 aromatic heterocycles. The average molecular weight is 279 g/mol. The standard InChI is InChI=1S/C16H10FN3O/c17-9-5-6-12-10(7-9)11(16(21)20-12)8-15-18-13-3-1-2-4-14(13)19-15/h1-8H,(H,18,19)(H,20,21)/b11-8-. The van der Waals surface area contributed by atoms with Crippen LogP contribution in [-0.4, -0.2) is 15.9 Å². The lowest BCUT2D eigenvalue weighted by atomic mass is 10.1. The van der Waals surface area contributed by atoms with E-state index in [4.69, 9.17) is 0 Å². The maximum atomic E-state index is 13.4. The highest BCUT2D eigenvalue weighted by Crippen LogP contribution is 2.33. The molecular weight excluding hydrogens is 269 g/mol. The molecule has 0 saturated heterocycles. The minimum atomic E-state index is -0.374. The summed E-state index contributed by atoms with van der Waals surface area (Å²) in [4.78, 5) is 19.5. The lowest BCUT2D eigenvalue weighted by Gasteiger charge is -1.97. The number of carbonyl (C=O) groups is 1. The van der Waals surface area contributed by atoms with E-state index in [-0.39, 0.29) is 11.7 Å². The van der Waals surface area contributed by atoms with E-state index in [1.807, 2.05) is 24.3 Å². The van der Waals surface area contributed by atoms with Crippen LogP contribution in [-0.2, 0) is 4.79 Å². The quantitative estimate of drug-likeness (QED) is 0.672. The SMILES string of the molecule is O=C1Nc2ccc(F)cc2/C1=C/c1nc2ccccc2[nH]1. The van der Waals surface area contributed by atoms with Gasteiger partial charge in [0.15, 0.2) is 0 Å². The molecule has 3 aromatic rings. The minimum absolute atomic E-state index is 0.254. The second-order valence-corrected chi connectivity index (χ2v) is 4.84. The van der Waals surface area contributed by atoms with Gasteiger partial charge in [0, 0.05) is 11.3 Å². The topological polar surface area (TPSA) is 57.8 Å². The first-order valence-corrected chi connectivity index (χ1v) is 6.48. The summed E-state index contributed by atoms with van der Waals surface area (Å²) in [7, 11) is 0. The van der Waals surface area contributed by atoms with Crippen LogP contribution in [0.2, 0.25) is 0 Å². The summed E-state index contributed by atoms with van der Waals surface area (Å²) < 4.78 is 13.4. The summed E-state index contributed by atoms with van der Waals surface area (Å²) in [5, 5.41) is 2.71. The molecule has 0 aliphatic carbocycles. The Labute approximate surface area is 119 Å². The number of carbonyl (C=O) groups excluding carboxylic acids is 1. The van der Waals surface area contributed by atoms with Crippen LogP contribution < -0.4 is 5.32 Å². The molecule has 1 aliphatic rings. The molecule has 4 rings (SSSR count). The molecule has 0 radical (unpaired) electrons. The molecule has 1 amide bonds. The fourth-order valence-corrected chi connectivity index (χ4v) is 2.48. The van der Waals surface area contributed by atoms with E-state index in [1.54, 1.807) is 12.1 Å². The third-order valence-electron chi connectivity index (χ3n) is 3.45. The summed E-state index contributed by atoms with van der Waals surface area (Å²) in [6.07, 6.45) is 1.64. The van der Waals surface area contributed by atoms with Crippen LogP contribution in [0.1, 0.15) is 11.4 Å². The maximum Gasteiger partial charge on any atom is 0.256 e. The van der Waals surface area contributed by atoms with Crippen molar-refractivity contribution in [2.45, 2.75) is 0 Å². The van der Waals surface area contributed by atoms with Crippen molar-refractivity contribution in [3.63, 3.8) is 0 Å². The second kappa shape index (κ2) is 4.28. The number of fused-ring (bicyclic) bond motifs is 2. The number of halogens is 1. The van der Waals surface area contributed by atoms with Crippen LogP contribution in [0, 0.1) is 5.82 Å². The number of imidazole rings is 1. The van der Waals surface area contributed by atoms with Crippen molar-refractivity contribution >= 4 is 34.3 Å². The van der Waals surface area contributed by atoms with E-state index in [2.05, 4.69) is 15.3 Å². The highest BCUT2D eigenvalue weighted by atomic mass is 19.1. The number of aromatic nitrogens is 2. The van der Waals surface area contributed by atoms with Gasteiger partial charge in [-0.1, -0.05) is 12.1 Å². The number of hydrogen-bond acceptors (Lipinski definition) is 2. The summed E-state index contributed by atoms with van der Waals surface area (Å²) in [5.41, 5.74) is 3.29. The van der Waals surface area contributed by atoms with Crippen LogP contribution in [0.25, 0.3) is 22.7 Å². The molecule has 102 valence electrons. The van der Waals surface area contributed by atoms with Crippen molar-refractivity contribution < 1.29 is 9.18 Å². The van der Waals surface area contributed by atoms with Gasteiger partial charge >= 0.3 is 0 Å². The Kier molecular flexibility index (Phi) is 2.41. The molecule has 0 saturated carbocycles. The van der Waals surface area contributed by atoms with Gasteiger partial charge in [0.2, 0.25) is 0 Å². The van der Waals surface area contributed by atoms with Crippen molar-refractivity contribution in [2.24, 2.45) is 0 Å². The summed E-state index contributed by atoms with van der Waals surface area (Å²) in [6.45, 7) is 0. The molecule has 5 heteroatoms. The molecule has 2 N–H and O–H groups in total. The number of nitrogens with zero attached hydrogens (tertiary/aromatic N) is 1. The molecule has 1 aliphatic heterocycles. The molecule has 21 heavy (non-hydrogen) atoms. The largest absolute Gasteiger partial charge is 0.338 e. The van der Waals surface area contributed by atoms with E-state index in [0.717, 1.165) is 11.0 Å². The molecule has 4 nitrogen and oxygen atoms in total. The monoisotopic (exact) mass is 279 g/mol. The molecule has 0 unspecified atom stereocenters. The zero-order chi connectivity index (χ0) is 14.4. The van der Waals surface area contributed by atoms with Crippen molar-refractivity contribution in [3.8, 4) is 0 Å². The number of hydrogen-bond donors (Lipinski definition) is 2. The molecule has 2 heterocycles. The molecule has 2 aromatic carbocycles. The zero-order valence-electron chi connectivity index (χ0n) is 10.9. The normalized spacial score (nSPS) is 15.5. The first-order chi connectivity index (χ1) is 10.2. The lowest BCUT2D eigenvalue weighted by molar-refractivity contribution is -0.110. The highest BCUT2D eigenvalue weighted by molar-refractivity contribution is 6.34. The fourth-order valence-electron chi connectivity index (χ4n) is 2.48. The molecule has 0 atom stereocenters. The van der Waals surface area contributed by atoms with Gasteiger partial charge in [-0.05, 0) is 36.4 Å². The number of anilines is 1. The first kappa shape index (κ1) is 11.8. The Morgan fingerprint density at radius 1 is 1.14 bits per heavy atom. The molecule has 0 bridgehead atoms. The van der Waals surface area contributed by atoms with Gasteiger partial charge in [-0.2, -0.15) is 0 Å². The van der Waals surface area contributed by atoms with Crippen LogP contribution in [0.3, 0.4) is 0 Å². The number of benzene rings is 2. The van der Waals surface area contributed by atoms with Crippen LogP contribution >= 0.6 is 0 Å². The molecule has 0 fully saturated rings. The van der Waals surface area contributed by atoms with E-state index in [1.165, 1.54) is 12.1 Å². The van der Waals surface area contributed by atoms with Crippen LogP contribution in [0.5, 0.6) is 0 Å². The van der Waals surface area contributed by atoms with Gasteiger partial charge in [0.05, 0.1) is 16.6 Å². The van der Waals surface area contributed by atoms with E-state index in [0.29, 0.717) is 22.6 Å². The second-order valence-electron chi connectivity index (χ2n) is 4.84. The smallest absolute Gasteiger partial charge is 0.256 e. The Morgan fingerprint density at radius 2 is 2.00 bits per heavy atom. The maximum absolute atomic E-state index is 13.4. The summed E-state index contributed by atoms with van der Waals surface area (Å²) in [6, 6.07) is 11.8. The van der Waals surface area contributed by atoms with Gasteiger partial charge in [0.25, 0.3) is 5.91 Å². The Hall–Kier alpha value is -2.95. The third kappa shape index (κ3) is 1.90. The van der Waals surface area contributed by atoms with Gasteiger partial charge in [-0.15, -0.1) is 0 Å². The van der Waals surface area contributed by atoms with Gasteiger partial charge in [-0.3, -0.25) is 4.79 Å². The van der Waals surface area contributed by atoms with Gasteiger partial charge in [0.1, 0.15) is 11.6 Å². The Balaban J connectivity index is 1.86. The third-order valence-corrected chi connectivity index (χ3v) is 3.45. The van der Waals surface area contributed by atoms with E-state index in [9.17, 15) is 9.18 Å². The Morgan fingerprint density at radius 3 is 2.86 bits per heavy atom. The highest BCUT2D eigenvalue weighted by Gasteiger charge is 2.24. The lowest BCUT2D eigenvalue weighted by Crippen LogP contribution is -2.03. The van der Waals surface area contributed by atoms with Crippen LogP contribution in [0.4, 0.5) is 10.1 Å². The number of para-hydroxylation sites is 2. The number of amides is 1. The van der Waals surface area contributed by atoms with Crippen molar-refractivity contribution in [1.82, 2.24) is 9.97 Å². The van der Waals surface area contributed by atoms with Crippen molar-refractivity contribution in [1.29, 1.82) is 0 Å². The summed E-state index contributed by atoms with van der Waals surface area (Å²) in [5.74, 6) is -0.0599. The van der Waals surface area contributed by atoms with Gasteiger partial charge < -0.3 is 10.3 Å². The van der Waals surface area contributed by atoms with Crippen molar-refractivity contribution in [2.75, 3.05) is 5.32 Å². The Bertz CT molecular complexity index is 878. The van der Waals surface area contributed by atoms with E-state index >= 15 is 0 Å². The number of rotatable bonds is 1. The first-order valence-electron chi connectivity index (χ1n) is 6.48. The zero-order valence-corrected chi connectivity index (χ0v) is 10.9.